The molecule has 0 aliphatic heterocycles. The van der Waals surface area contributed by atoms with Crippen LogP contribution in [0.4, 0.5) is 5.82 Å². The van der Waals surface area contributed by atoms with Crippen molar-refractivity contribution in [3.05, 3.63) is 53.7 Å². The number of carbonyl (C=O) groups is 2. The number of nitrogens with zero attached hydrogens (tertiary/aromatic N) is 1. The summed E-state index contributed by atoms with van der Waals surface area (Å²) in [5.74, 6) is -0.170. The summed E-state index contributed by atoms with van der Waals surface area (Å²) < 4.78 is 5.01. The third-order valence-electron chi connectivity index (χ3n) is 2.52. The molecule has 1 heterocycles. The van der Waals surface area contributed by atoms with Crippen molar-refractivity contribution in [2.24, 2.45) is 0 Å². The summed E-state index contributed by atoms with van der Waals surface area (Å²) in [5, 5.41) is 2.67. The van der Waals surface area contributed by atoms with Crippen LogP contribution in [0.3, 0.4) is 0 Å². The summed E-state index contributed by atoms with van der Waals surface area (Å²) in [6.45, 7) is 3.12. The molecular formula is C15H14N2O3. The van der Waals surface area contributed by atoms with E-state index in [4.69, 9.17) is 4.74 Å². The van der Waals surface area contributed by atoms with Crippen LogP contribution in [0.1, 0.15) is 23.0 Å². The van der Waals surface area contributed by atoms with Gasteiger partial charge in [0.2, 0.25) is 0 Å². The Balaban J connectivity index is 2.23. The first kappa shape index (κ1) is 13.7. The number of nitrogens with one attached hydrogen (secondary N) is 1. The van der Waals surface area contributed by atoms with Gasteiger partial charge in [0, 0.05) is 12.6 Å². The van der Waals surface area contributed by atoms with E-state index in [0.717, 1.165) is 5.69 Å². The van der Waals surface area contributed by atoms with Gasteiger partial charge in [0.05, 0.1) is 5.56 Å². The van der Waals surface area contributed by atoms with Gasteiger partial charge in [0.1, 0.15) is 11.6 Å². The van der Waals surface area contributed by atoms with Crippen LogP contribution in [-0.2, 0) is 4.79 Å². The Morgan fingerprint density at radius 3 is 2.55 bits per heavy atom. The number of para-hydroxylation sites is 1. The summed E-state index contributed by atoms with van der Waals surface area (Å²) in [6.07, 6.45) is 0. The van der Waals surface area contributed by atoms with Gasteiger partial charge in [-0.2, -0.15) is 0 Å². The van der Waals surface area contributed by atoms with E-state index >= 15 is 0 Å². The van der Waals surface area contributed by atoms with Crippen molar-refractivity contribution in [1.82, 2.24) is 4.98 Å². The Hall–Kier alpha value is -2.69. The molecule has 0 aliphatic carbocycles. The Bertz CT molecular complexity index is 653. The van der Waals surface area contributed by atoms with Gasteiger partial charge >= 0.3 is 5.97 Å². The van der Waals surface area contributed by atoms with Crippen LogP contribution >= 0.6 is 0 Å². The molecule has 1 aromatic carbocycles. The van der Waals surface area contributed by atoms with Gasteiger partial charge in [-0.3, -0.25) is 9.59 Å². The number of aromatic nitrogens is 1. The highest BCUT2D eigenvalue weighted by atomic mass is 16.5. The SMILES string of the molecule is CC(=O)Oc1ccccc1C(=O)Nc1cccc(C)n1. The number of carbonyl (C=O) groups excluding carboxylic acids is 2. The van der Waals surface area contributed by atoms with Crippen molar-refractivity contribution >= 4 is 17.7 Å². The quantitative estimate of drug-likeness (QED) is 0.687. The van der Waals surface area contributed by atoms with Crippen LogP contribution < -0.4 is 10.1 Å². The molecule has 0 fully saturated rings. The van der Waals surface area contributed by atoms with Crippen molar-refractivity contribution < 1.29 is 14.3 Å². The van der Waals surface area contributed by atoms with Crippen molar-refractivity contribution in [3.8, 4) is 5.75 Å². The standard InChI is InChI=1S/C15H14N2O3/c1-10-6-5-9-14(16-10)17-15(19)12-7-3-4-8-13(12)20-11(2)18/h3-9H,1-2H3,(H,16,17,19). The molecular weight excluding hydrogens is 256 g/mol. The fraction of sp³-hybridized carbons (Fsp3) is 0.133. The molecule has 1 N–H and O–H groups in total. The highest BCUT2D eigenvalue weighted by molar-refractivity contribution is 6.06. The topological polar surface area (TPSA) is 68.3 Å². The minimum Gasteiger partial charge on any atom is -0.426 e. The number of rotatable bonds is 3. The lowest BCUT2D eigenvalue weighted by Gasteiger charge is -2.09. The second-order valence-electron chi connectivity index (χ2n) is 4.21. The predicted octanol–water partition coefficient (Wildman–Crippen LogP) is 2.57. The fourth-order valence-electron chi connectivity index (χ4n) is 1.69. The molecule has 0 aliphatic rings. The number of benzene rings is 1. The molecule has 0 saturated heterocycles. The molecule has 2 rings (SSSR count). The summed E-state index contributed by atoms with van der Waals surface area (Å²) in [5.41, 5.74) is 1.09. The van der Waals surface area contributed by atoms with Gasteiger partial charge in [0.25, 0.3) is 5.91 Å². The maximum Gasteiger partial charge on any atom is 0.308 e. The second kappa shape index (κ2) is 5.97. The predicted molar refractivity (Wildman–Crippen MR) is 74.7 cm³/mol. The van der Waals surface area contributed by atoms with E-state index in [9.17, 15) is 9.59 Å². The van der Waals surface area contributed by atoms with E-state index < -0.39 is 5.97 Å². The molecule has 0 saturated carbocycles. The molecule has 1 aromatic heterocycles. The molecule has 0 atom stereocenters. The van der Waals surface area contributed by atoms with Crippen LogP contribution in [0.5, 0.6) is 5.75 Å². The lowest BCUT2D eigenvalue weighted by molar-refractivity contribution is -0.131. The molecule has 1 amide bonds. The maximum absolute atomic E-state index is 12.2. The van der Waals surface area contributed by atoms with E-state index in [1.807, 2.05) is 13.0 Å². The Labute approximate surface area is 116 Å². The van der Waals surface area contributed by atoms with Crippen LogP contribution in [0.2, 0.25) is 0 Å². The molecule has 5 nitrogen and oxygen atoms in total. The molecule has 0 spiro atoms. The molecule has 20 heavy (non-hydrogen) atoms. The van der Waals surface area contributed by atoms with Crippen LogP contribution in [0.25, 0.3) is 0 Å². The second-order valence-corrected chi connectivity index (χ2v) is 4.21. The minimum absolute atomic E-state index is 0.227. The lowest BCUT2D eigenvalue weighted by atomic mass is 10.2. The highest BCUT2D eigenvalue weighted by Crippen LogP contribution is 2.19. The normalized spacial score (nSPS) is 9.90. The van der Waals surface area contributed by atoms with Gasteiger partial charge in [-0.15, -0.1) is 0 Å². The number of hydrogen-bond acceptors (Lipinski definition) is 4. The zero-order chi connectivity index (χ0) is 14.5. The smallest absolute Gasteiger partial charge is 0.308 e. The van der Waals surface area contributed by atoms with Gasteiger partial charge < -0.3 is 10.1 Å². The van der Waals surface area contributed by atoms with Gasteiger partial charge in [-0.1, -0.05) is 18.2 Å². The summed E-state index contributed by atoms with van der Waals surface area (Å²) >= 11 is 0. The lowest BCUT2D eigenvalue weighted by Crippen LogP contribution is -2.15. The highest BCUT2D eigenvalue weighted by Gasteiger charge is 2.14. The Morgan fingerprint density at radius 1 is 1.10 bits per heavy atom. The Morgan fingerprint density at radius 2 is 1.85 bits per heavy atom. The first-order valence-electron chi connectivity index (χ1n) is 6.09. The first-order chi connectivity index (χ1) is 9.56. The minimum atomic E-state index is -0.473. The summed E-state index contributed by atoms with van der Waals surface area (Å²) in [4.78, 5) is 27.4. The zero-order valence-corrected chi connectivity index (χ0v) is 11.2. The van der Waals surface area contributed by atoms with Gasteiger partial charge in [0.15, 0.2) is 0 Å². The fourth-order valence-corrected chi connectivity index (χ4v) is 1.69. The third-order valence-corrected chi connectivity index (χ3v) is 2.52. The molecule has 0 unspecified atom stereocenters. The summed E-state index contributed by atoms with van der Waals surface area (Å²) in [7, 11) is 0. The third kappa shape index (κ3) is 3.41. The molecule has 2 aromatic rings. The maximum atomic E-state index is 12.2. The average molecular weight is 270 g/mol. The van der Waals surface area contributed by atoms with E-state index in [2.05, 4.69) is 10.3 Å². The largest absolute Gasteiger partial charge is 0.426 e. The number of aryl methyl sites for hydroxylation is 1. The van der Waals surface area contributed by atoms with Crippen molar-refractivity contribution in [3.63, 3.8) is 0 Å². The number of hydrogen-bond donors (Lipinski definition) is 1. The van der Waals surface area contributed by atoms with E-state index in [0.29, 0.717) is 5.82 Å². The van der Waals surface area contributed by atoms with Gasteiger partial charge in [-0.25, -0.2) is 4.98 Å². The van der Waals surface area contributed by atoms with Crippen molar-refractivity contribution in [2.75, 3.05) is 5.32 Å². The molecule has 102 valence electrons. The monoisotopic (exact) mass is 270 g/mol. The van der Waals surface area contributed by atoms with E-state index in [1.54, 1.807) is 36.4 Å². The van der Waals surface area contributed by atoms with Crippen molar-refractivity contribution in [2.45, 2.75) is 13.8 Å². The van der Waals surface area contributed by atoms with Crippen LogP contribution in [-0.4, -0.2) is 16.9 Å². The molecule has 5 heteroatoms. The number of esters is 1. The average Bonchev–Trinajstić information content (AvgIpc) is 2.38. The van der Waals surface area contributed by atoms with E-state index in [1.165, 1.54) is 6.92 Å². The number of amides is 1. The van der Waals surface area contributed by atoms with Crippen molar-refractivity contribution in [1.29, 1.82) is 0 Å². The van der Waals surface area contributed by atoms with E-state index in [-0.39, 0.29) is 17.2 Å². The Kier molecular flexibility index (Phi) is 4.10. The summed E-state index contributed by atoms with van der Waals surface area (Å²) in [6, 6.07) is 11.9. The molecule has 0 bridgehead atoms. The van der Waals surface area contributed by atoms with Crippen LogP contribution in [0.15, 0.2) is 42.5 Å². The van der Waals surface area contributed by atoms with Crippen LogP contribution in [0, 0.1) is 6.92 Å². The van der Waals surface area contributed by atoms with Gasteiger partial charge in [-0.05, 0) is 31.2 Å². The number of anilines is 1. The first-order valence-corrected chi connectivity index (χ1v) is 6.09. The number of pyridine rings is 1. The zero-order valence-electron chi connectivity index (χ0n) is 11.2. The molecule has 0 radical (unpaired) electrons. The number of ether oxygens (including phenoxy) is 1.